The zero-order valence-corrected chi connectivity index (χ0v) is 24.9. The van der Waals surface area contributed by atoms with Crippen molar-refractivity contribution in [3.05, 3.63) is 106 Å². The average molecular weight is 612 g/mol. The molecule has 7 rings (SSSR count). The van der Waals surface area contributed by atoms with Crippen LogP contribution < -0.4 is 30.4 Å². The van der Waals surface area contributed by atoms with E-state index in [-0.39, 0.29) is 42.8 Å². The lowest BCUT2D eigenvalue weighted by molar-refractivity contribution is -0.123. The van der Waals surface area contributed by atoms with Gasteiger partial charge >= 0.3 is 0 Å². The predicted octanol–water partition coefficient (Wildman–Crippen LogP) is 2.58. The number of aromatic nitrogens is 2. The Morgan fingerprint density at radius 1 is 1.00 bits per heavy atom. The van der Waals surface area contributed by atoms with Crippen LogP contribution in [-0.2, 0) is 11.3 Å². The summed E-state index contributed by atoms with van der Waals surface area (Å²) in [5.41, 5.74) is 2.24. The first-order chi connectivity index (χ1) is 21.8. The molecule has 4 bridgehead atoms. The van der Waals surface area contributed by atoms with Crippen molar-refractivity contribution in [2.24, 2.45) is 0 Å². The van der Waals surface area contributed by atoms with Gasteiger partial charge in [-0.3, -0.25) is 24.3 Å². The molecule has 0 aliphatic carbocycles. The number of piperidine rings is 1. The fourth-order valence-corrected chi connectivity index (χ4v) is 5.49. The van der Waals surface area contributed by atoms with E-state index in [1.807, 2.05) is 13.0 Å². The van der Waals surface area contributed by atoms with E-state index in [0.29, 0.717) is 41.5 Å². The largest absolute Gasteiger partial charge is 0.496 e. The second-order valence-corrected chi connectivity index (χ2v) is 11.0. The second kappa shape index (κ2) is 12.6. The minimum atomic E-state index is -0.603. The third-order valence-electron chi connectivity index (χ3n) is 7.95. The van der Waals surface area contributed by atoms with Crippen LogP contribution in [0.5, 0.6) is 17.2 Å². The lowest BCUT2D eigenvalue weighted by atomic mass is 10.00. The number of methoxy groups -OCH3 is 1. The minimum Gasteiger partial charge on any atom is -0.496 e. The number of likely N-dealkylation sites (tertiary alicyclic amines) is 1. The van der Waals surface area contributed by atoms with Crippen molar-refractivity contribution in [1.82, 2.24) is 25.3 Å². The number of para-hydroxylation sites is 1. The highest BCUT2D eigenvalue weighted by molar-refractivity contribution is 5.95. The summed E-state index contributed by atoms with van der Waals surface area (Å²) in [5, 5.41) is 8.79. The van der Waals surface area contributed by atoms with Crippen molar-refractivity contribution in [1.29, 1.82) is 0 Å². The van der Waals surface area contributed by atoms with Gasteiger partial charge in [-0.05, 0) is 48.9 Å². The standard InChI is InChI=1S/C33H33N5O7/c1-20-8-9-21-14-28(20)44-19-30(39)34-17-22-10-11-24(15-29(22)43-2)45-27-12-13-37(18-26(27)35-32(21)41)33(42)25-16-31(40)38(36-25)23-6-4-3-5-7-23/h3-11,14-16,26-27,36H,12-13,17-19H2,1-2H3,(H,34,39)(H,35,41)/t26-,27+/m0/s1. The van der Waals surface area contributed by atoms with Crippen LogP contribution in [0.25, 0.3) is 5.69 Å². The van der Waals surface area contributed by atoms with Gasteiger partial charge in [0, 0.05) is 49.3 Å². The van der Waals surface area contributed by atoms with Crippen LogP contribution in [0, 0.1) is 6.92 Å². The Hall–Kier alpha value is -5.52. The van der Waals surface area contributed by atoms with Crippen LogP contribution in [0.2, 0.25) is 0 Å². The van der Waals surface area contributed by atoms with Gasteiger partial charge in [-0.15, -0.1) is 0 Å². The molecule has 12 nitrogen and oxygen atoms in total. The van der Waals surface area contributed by atoms with Crippen molar-refractivity contribution in [3.8, 4) is 22.9 Å². The number of rotatable bonds is 3. The number of aryl methyl sites for hydroxylation is 1. The molecule has 232 valence electrons. The average Bonchev–Trinajstić information content (AvgIpc) is 3.45. The number of benzene rings is 3. The number of aromatic amines is 1. The van der Waals surface area contributed by atoms with Gasteiger partial charge in [-0.2, -0.15) is 0 Å². The smallest absolute Gasteiger partial charge is 0.272 e. The Labute approximate surface area is 258 Å². The quantitative estimate of drug-likeness (QED) is 0.323. The lowest BCUT2D eigenvalue weighted by Crippen LogP contribution is -2.58. The number of fused-ring (bicyclic) bond motifs is 7. The summed E-state index contributed by atoms with van der Waals surface area (Å²) in [5.74, 6) is 0.363. The maximum atomic E-state index is 13.6. The van der Waals surface area contributed by atoms with Crippen LogP contribution in [0.3, 0.4) is 0 Å². The van der Waals surface area contributed by atoms with Crippen LogP contribution >= 0.6 is 0 Å². The third-order valence-corrected chi connectivity index (χ3v) is 7.95. The summed E-state index contributed by atoms with van der Waals surface area (Å²) in [6.45, 7) is 2.29. The molecule has 0 radical (unpaired) electrons. The maximum Gasteiger partial charge on any atom is 0.272 e. The number of carbonyl (C=O) groups is 3. The van der Waals surface area contributed by atoms with Gasteiger partial charge in [-0.1, -0.05) is 24.3 Å². The van der Waals surface area contributed by atoms with E-state index in [0.717, 1.165) is 11.1 Å². The molecule has 3 aliphatic rings. The number of amides is 3. The summed E-state index contributed by atoms with van der Waals surface area (Å²) in [7, 11) is 1.54. The van der Waals surface area contributed by atoms with Crippen LogP contribution in [0.4, 0.5) is 0 Å². The van der Waals surface area contributed by atoms with Crippen LogP contribution in [-0.4, -0.2) is 71.4 Å². The molecule has 2 atom stereocenters. The molecule has 4 aromatic rings. The van der Waals surface area contributed by atoms with Crippen molar-refractivity contribution >= 4 is 17.7 Å². The van der Waals surface area contributed by atoms with Crippen molar-refractivity contribution in [2.75, 3.05) is 26.8 Å². The number of nitrogens with one attached hydrogen (secondary N) is 3. The Morgan fingerprint density at radius 2 is 1.82 bits per heavy atom. The Kier molecular flexibility index (Phi) is 8.28. The molecule has 45 heavy (non-hydrogen) atoms. The number of hydrogen-bond acceptors (Lipinski definition) is 7. The molecule has 12 heteroatoms. The predicted molar refractivity (Wildman–Crippen MR) is 164 cm³/mol. The Bertz CT molecular complexity index is 1800. The van der Waals surface area contributed by atoms with Crippen LogP contribution in [0.1, 0.15) is 38.4 Å². The van der Waals surface area contributed by atoms with Crippen LogP contribution in [0.15, 0.2) is 77.6 Å². The molecule has 3 aliphatic heterocycles. The van der Waals surface area contributed by atoms with E-state index in [1.165, 1.54) is 17.9 Å². The molecule has 1 fully saturated rings. The fraction of sp³-hybridized carbons (Fsp3) is 0.273. The topological polar surface area (TPSA) is 144 Å². The van der Waals surface area contributed by atoms with E-state index in [9.17, 15) is 19.2 Å². The van der Waals surface area contributed by atoms with Gasteiger partial charge in [0.2, 0.25) is 0 Å². The molecule has 0 spiro atoms. The molecule has 4 heterocycles. The zero-order valence-electron chi connectivity index (χ0n) is 24.9. The monoisotopic (exact) mass is 611 g/mol. The summed E-state index contributed by atoms with van der Waals surface area (Å²) in [6.07, 6.45) is -0.0824. The van der Waals surface area contributed by atoms with Gasteiger partial charge in [0.05, 0.1) is 18.8 Å². The van der Waals surface area contributed by atoms with Crippen molar-refractivity contribution in [3.63, 3.8) is 0 Å². The second-order valence-electron chi connectivity index (χ2n) is 11.0. The number of H-pyrrole nitrogens is 1. The van der Waals surface area contributed by atoms with E-state index in [4.69, 9.17) is 14.2 Å². The highest BCUT2D eigenvalue weighted by Crippen LogP contribution is 2.28. The SMILES string of the molecule is COc1cc2ccc1CNC(=O)COc1cc(ccc1C)C(=O)N[C@H]1CN(C(=O)c3cc(=O)n(-c4ccccc4)[nH]3)CC[C@H]1O2. The third kappa shape index (κ3) is 6.40. The van der Waals surface area contributed by atoms with Crippen molar-refractivity contribution < 1.29 is 28.6 Å². The molecular formula is C33H33N5O7. The normalized spacial score (nSPS) is 18.5. The summed E-state index contributed by atoms with van der Waals surface area (Å²) < 4.78 is 19.0. The number of hydrogen-bond donors (Lipinski definition) is 3. The first-order valence-electron chi connectivity index (χ1n) is 14.6. The molecule has 1 aromatic heterocycles. The fourth-order valence-electron chi connectivity index (χ4n) is 5.49. The number of ether oxygens (including phenoxy) is 3. The Morgan fingerprint density at radius 3 is 2.62 bits per heavy atom. The van der Waals surface area contributed by atoms with E-state index in [2.05, 4.69) is 15.7 Å². The van der Waals surface area contributed by atoms with Gasteiger partial charge in [0.1, 0.15) is 29.0 Å². The first-order valence-corrected chi connectivity index (χ1v) is 14.6. The minimum absolute atomic E-state index is 0.136. The maximum absolute atomic E-state index is 13.6. The lowest BCUT2D eigenvalue weighted by Gasteiger charge is -2.38. The highest BCUT2D eigenvalue weighted by atomic mass is 16.5. The number of nitrogens with zero attached hydrogens (tertiary/aromatic N) is 2. The highest BCUT2D eigenvalue weighted by Gasteiger charge is 2.35. The van der Waals surface area contributed by atoms with Gasteiger partial charge in [-0.25, -0.2) is 4.68 Å². The zero-order chi connectivity index (χ0) is 31.5. The number of carbonyl (C=O) groups excluding carboxylic acids is 3. The molecule has 3 amide bonds. The molecular weight excluding hydrogens is 578 g/mol. The van der Waals surface area contributed by atoms with Gasteiger partial charge in [0.15, 0.2) is 6.61 Å². The van der Waals surface area contributed by atoms with E-state index >= 15 is 0 Å². The van der Waals surface area contributed by atoms with Gasteiger partial charge < -0.3 is 29.7 Å². The molecule has 1 saturated heterocycles. The Balaban J connectivity index is 1.30. The molecule has 3 aromatic carbocycles. The molecule has 0 saturated carbocycles. The molecule has 3 N–H and O–H groups in total. The van der Waals surface area contributed by atoms with E-state index < -0.39 is 18.1 Å². The van der Waals surface area contributed by atoms with E-state index in [1.54, 1.807) is 65.6 Å². The summed E-state index contributed by atoms with van der Waals surface area (Å²) in [6, 6.07) is 20.0. The van der Waals surface area contributed by atoms with Gasteiger partial charge in [0.25, 0.3) is 23.3 Å². The van der Waals surface area contributed by atoms with Crippen molar-refractivity contribution in [2.45, 2.75) is 32.0 Å². The summed E-state index contributed by atoms with van der Waals surface area (Å²) >= 11 is 0. The summed E-state index contributed by atoms with van der Waals surface area (Å²) in [4.78, 5) is 54.0. The first kappa shape index (κ1) is 29.5. The molecule has 0 unspecified atom stereocenters.